The minimum absolute atomic E-state index is 0.225. The molecular weight excluding hydrogens is 191 g/mol. The number of alkyl halides is 3. The molecule has 0 bridgehead atoms. The summed E-state index contributed by atoms with van der Waals surface area (Å²) in [4.78, 5) is 0. The fraction of sp³-hybridized carbons (Fsp3) is 0.400. The van der Waals surface area contributed by atoms with Crippen molar-refractivity contribution < 1.29 is 13.2 Å². The second-order valence-electron chi connectivity index (χ2n) is 3.02. The molecule has 0 heterocycles. The summed E-state index contributed by atoms with van der Waals surface area (Å²) in [5.74, 6) is 0. The van der Waals surface area contributed by atoms with E-state index in [2.05, 4.69) is 5.32 Å². The highest BCUT2D eigenvalue weighted by Gasteiger charge is 2.33. The lowest BCUT2D eigenvalue weighted by Crippen LogP contribution is -2.14. The quantitative estimate of drug-likeness (QED) is 0.700. The van der Waals surface area contributed by atoms with E-state index in [0.717, 1.165) is 6.07 Å². The van der Waals surface area contributed by atoms with Gasteiger partial charge in [0.2, 0.25) is 0 Å². The topological polar surface area (TPSA) is 14.1 Å². The number of rotatable bonds is 2. The van der Waals surface area contributed by atoms with E-state index in [1.807, 2.05) is 0 Å². The van der Waals surface area contributed by atoms with E-state index in [4.69, 9.17) is 0 Å². The smallest absolute Gasteiger partial charge is 0.237 e. The Morgan fingerprint density at radius 1 is 1.21 bits per heavy atom. The minimum Gasteiger partial charge on any atom is -0.237 e. The van der Waals surface area contributed by atoms with Gasteiger partial charge in [0.25, 0.3) is 0 Å². The largest absolute Gasteiger partial charge is 0.416 e. The van der Waals surface area contributed by atoms with Crippen LogP contribution in [0.1, 0.15) is 24.1 Å². The highest BCUT2D eigenvalue weighted by atomic mass is 19.4. The lowest BCUT2D eigenvalue weighted by atomic mass is 10.0. The van der Waals surface area contributed by atoms with Crippen molar-refractivity contribution in [1.29, 1.82) is 0 Å². The Labute approximate surface area is 80.9 Å². The van der Waals surface area contributed by atoms with E-state index < -0.39 is 17.8 Å². The van der Waals surface area contributed by atoms with Crippen LogP contribution in [0, 0.1) is 0 Å². The van der Waals surface area contributed by atoms with Crippen LogP contribution in [0.2, 0.25) is 0 Å². The predicted molar refractivity (Wildman–Crippen MR) is 47.9 cm³/mol. The lowest BCUT2D eigenvalue weighted by Gasteiger charge is -2.16. The zero-order valence-corrected chi connectivity index (χ0v) is 7.97. The molecule has 0 spiro atoms. The molecule has 0 aromatic heterocycles. The van der Waals surface area contributed by atoms with Crippen molar-refractivity contribution in [2.24, 2.45) is 0 Å². The summed E-state index contributed by atoms with van der Waals surface area (Å²) in [6, 6.07) is 5.09. The van der Waals surface area contributed by atoms with Crippen molar-refractivity contribution in [2.45, 2.75) is 19.1 Å². The van der Waals surface area contributed by atoms with Gasteiger partial charge in [-0.15, -0.1) is 0 Å². The highest BCUT2D eigenvalue weighted by Crippen LogP contribution is 2.34. The van der Waals surface area contributed by atoms with Crippen molar-refractivity contribution in [3.63, 3.8) is 0 Å². The van der Waals surface area contributed by atoms with Gasteiger partial charge in [0.05, 0.1) is 5.56 Å². The number of hydrogen-bond donors (Lipinski definition) is 0. The Hall–Kier alpha value is -1.03. The van der Waals surface area contributed by atoms with Gasteiger partial charge in [-0.25, -0.2) is 5.32 Å². The monoisotopic (exact) mass is 202 g/mol. The maximum Gasteiger partial charge on any atom is 0.416 e. The first-order chi connectivity index (χ1) is 6.46. The molecule has 0 saturated heterocycles. The fourth-order valence-electron chi connectivity index (χ4n) is 1.26. The standard InChI is InChI=1S/C10H11F3N/c1-7(14-2)8-5-3-4-6-9(8)10(11,12)13/h3-7H,1-2H3/t7-/m1/s1. The second kappa shape index (κ2) is 4.00. The van der Waals surface area contributed by atoms with Gasteiger partial charge in [-0.2, -0.15) is 13.2 Å². The van der Waals surface area contributed by atoms with Crippen LogP contribution in [0.15, 0.2) is 24.3 Å². The molecule has 14 heavy (non-hydrogen) atoms. The van der Waals surface area contributed by atoms with Crippen LogP contribution in [0.3, 0.4) is 0 Å². The maximum atomic E-state index is 12.5. The molecule has 0 N–H and O–H groups in total. The summed E-state index contributed by atoms with van der Waals surface area (Å²) in [6.45, 7) is 1.64. The van der Waals surface area contributed by atoms with Crippen LogP contribution in [0.25, 0.3) is 0 Å². The average molecular weight is 202 g/mol. The fourth-order valence-corrected chi connectivity index (χ4v) is 1.26. The molecule has 0 aliphatic carbocycles. The zero-order chi connectivity index (χ0) is 10.8. The average Bonchev–Trinajstić information content (AvgIpc) is 2.15. The molecule has 0 unspecified atom stereocenters. The Balaban J connectivity index is 3.16. The van der Waals surface area contributed by atoms with E-state index in [0.29, 0.717) is 0 Å². The number of benzene rings is 1. The molecule has 0 saturated carbocycles. The molecule has 77 valence electrons. The van der Waals surface area contributed by atoms with E-state index >= 15 is 0 Å². The molecule has 0 amide bonds. The van der Waals surface area contributed by atoms with Crippen LogP contribution in [-0.2, 0) is 6.18 Å². The van der Waals surface area contributed by atoms with Crippen LogP contribution < -0.4 is 5.32 Å². The van der Waals surface area contributed by atoms with E-state index in [9.17, 15) is 13.2 Å². The van der Waals surface area contributed by atoms with Gasteiger partial charge in [0, 0.05) is 13.1 Å². The maximum absolute atomic E-state index is 12.5. The number of hydrogen-bond acceptors (Lipinski definition) is 0. The van der Waals surface area contributed by atoms with Crippen molar-refractivity contribution in [2.75, 3.05) is 7.05 Å². The molecule has 0 aliphatic rings. The summed E-state index contributed by atoms with van der Waals surface area (Å²) in [5.41, 5.74) is -0.374. The Morgan fingerprint density at radius 3 is 2.29 bits per heavy atom. The normalized spacial score (nSPS) is 14.1. The third-order valence-corrected chi connectivity index (χ3v) is 2.10. The summed E-state index contributed by atoms with van der Waals surface area (Å²) in [6.07, 6.45) is -4.30. The van der Waals surface area contributed by atoms with Crippen molar-refractivity contribution in [1.82, 2.24) is 5.32 Å². The molecule has 4 heteroatoms. The number of nitrogens with zero attached hydrogens (tertiary/aromatic N) is 1. The van der Waals surface area contributed by atoms with Gasteiger partial charge < -0.3 is 0 Å². The predicted octanol–water partition coefficient (Wildman–Crippen LogP) is 3.00. The van der Waals surface area contributed by atoms with Gasteiger partial charge >= 0.3 is 6.18 Å². The molecule has 1 aromatic rings. The summed E-state index contributed by atoms with van der Waals surface area (Å²) < 4.78 is 37.5. The Kier molecular flexibility index (Phi) is 3.16. The molecular formula is C10H11F3N. The SMILES string of the molecule is C[N][C@H](C)c1ccccc1C(F)(F)F. The summed E-state index contributed by atoms with van der Waals surface area (Å²) in [7, 11) is 1.51. The number of halogens is 3. The molecule has 0 aliphatic heterocycles. The van der Waals surface area contributed by atoms with Crippen LogP contribution in [-0.4, -0.2) is 7.05 Å². The first-order valence-electron chi connectivity index (χ1n) is 4.22. The van der Waals surface area contributed by atoms with Crippen LogP contribution >= 0.6 is 0 Å². The van der Waals surface area contributed by atoms with E-state index in [1.165, 1.54) is 19.2 Å². The van der Waals surface area contributed by atoms with Gasteiger partial charge in [0.15, 0.2) is 0 Å². The van der Waals surface area contributed by atoms with Crippen molar-refractivity contribution in [3.05, 3.63) is 35.4 Å². The molecule has 1 radical (unpaired) electrons. The Morgan fingerprint density at radius 2 is 1.79 bits per heavy atom. The summed E-state index contributed by atoms with van der Waals surface area (Å²) in [5, 5.41) is 3.83. The molecule has 1 rings (SSSR count). The van der Waals surface area contributed by atoms with Gasteiger partial charge in [-0.05, 0) is 18.6 Å². The van der Waals surface area contributed by atoms with Crippen molar-refractivity contribution >= 4 is 0 Å². The van der Waals surface area contributed by atoms with Gasteiger partial charge in [-0.3, -0.25) is 0 Å². The highest BCUT2D eigenvalue weighted by molar-refractivity contribution is 5.31. The molecule has 0 fully saturated rings. The van der Waals surface area contributed by atoms with Crippen molar-refractivity contribution in [3.8, 4) is 0 Å². The van der Waals surface area contributed by atoms with Gasteiger partial charge in [0.1, 0.15) is 0 Å². The first kappa shape index (κ1) is 11.0. The minimum atomic E-state index is -4.30. The second-order valence-corrected chi connectivity index (χ2v) is 3.02. The van der Waals surface area contributed by atoms with E-state index in [-0.39, 0.29) is 5.56 Å². The zero-order valence-electron chi connectivity index (χ0n) is 7.97. The molecule has 1 aromatic carbocycles. The lowest BCUT2D eigenvalue weighted by molar-refractivity contribution is -0.138. The third-order valence-electron chi connectivity index (χ3n) is 2.10. The summed E-state index contributed by atoms with van der Waals surface area (Å²) >= 11 is 0. The van der Waals surface area contributed by atoms with Crippen LogP contribution in [0.4, 0.5) is 13.2 Å². The van der Waals surface area contributed by atoms with E-state index in [1.54, 1.807) is 13.0 Å². The van der Waals surface area contributed by atoms with Gasteiger partial charge in [-0.1, -0.05) is 18.2 Å². The van der Waals surface area contributed by atoms with Crippen LogP contribution in [0.5, 0.6) is 0 Å². The first-order valence-corrected chi connectivity index (χ1v) is 4.22. The Bertz CT molecular complexity index is 306. The molecule has 1 nitrogen and oxygen atoms in total. The third kappa shape index (κ3) is 2.26. The molecule has 1 atom stereocenters.